The number of fused-ring (bicyclic) bond motifs is 5. The number of nitrogens with zero attached hydrogens (tertiary/aromatic N) is 2. The van der Waals surface area contributed by atoms with E-state index in [0.29, 0.717) is 53.8 Å². The van der Waals surface area contributed by atoms with E-state index in [-0.39, 0.29) is 18.8 Å². The highest BCUT2D eigenvalue weighted by atomic mass is 16.7. The van der Waals surface area contributed by atoms with Crippen LogP contribution in [0.1, 0.15) is 58.8 Å². The molecule has 0 spiro atoms. The van der Waals surface area contributed by atoms with Gasteiger partial charge in [0.1, 0.15) is 30.2 Å². The molecule has 2 atom stereocenters. The highest BCUT2D eigenvalue weighted by Gasteiger charge is 2.51. The molecule has 4 aromatic rings. The fourth-order valence-corrected chi connectivity index (χ4v) is 7.00. The van der Waals surface area contributed by atoms with Gasteiger partial charge in [0.15, 0.2) is 11.5 Å². The minimum Gasteiger partial charge on any atom is -0.496 e. The van der Waals surface area contributed by atoms with Gasteiger partial charge in [-0.3, -0.25) is 9.69 Å². The average Bonchev–Trinajstić information content (AvgIpc) is 3.57. The molecule has 3 heterocycles. The maximum atomic E-state index is 14.7. The molecule has 1 fully saturated rings. The normalized spacial score (nSPS) is 18.5. The van der Waals surface area contributed by atoms with E-state index in [9.17, 15) is 9.59 Å². The molecule has 3 aliphatic heterocycles. The Hall–Kier alpha value is -5.44. The Morgan fingerprint density at radius 3 is 2.39 bits per heavy atom. The fraction of sp³-hybridized carbons (Fsp3) is 0.300. The van der Waals surface area contributed by atoms with Crippen LogP contribution in [0.2, 0.25) is 0 Å². The zero-order valence-electron chi connectivity index (χ0n) is 28.4. The second kappa shape index (κ2) is 13.2. The van der Waals surface area contributed by atoms with Crippen LogP contribution in [0.4, 0.5) is 4.79 Å². The second-order valence-corrected chi connectivity index (χ2v) is 12.9. The van der Waals surface area contributed by atoms with Crippen molar-refractivity contribution in [2.24, 2.45) is 0 Å². The van der Waals surface area contributed by atoms with E-state index >= 15 is 0 Å². The monoisotopic (exact) mass is 660 g/mol. The van der Waals surface area contributed by atoms with E-state index < -0.39 is 18.2 Å². The van der Waals surface area contributed by atoms with E-state index in [1.54, 1.807) is 16.9 Å². The predicted octanol–water partition coefficient (Wildman–Crippen LogP) is 7.52. The Kier molecular flexibility index (Phi) is 8.67. The van der Waals surface area contributed by atoms with Gasteiger partial charge in [0, 0.05) is 23.2 Å². The van der Waals surface area contributed by atoms with E-state index in [2.05, 4.69) is 6.07 Å². The number of amides is 2. The maximum absolute atomic E-state index is 14.7. The second-order valence-electron chi connectivity index (χ2n) is 12.9. The van der Waals surface area contributed by atoms with Gasteiger partial charge in [-0.05, 0) is 73.7 Å². The lowest BCUT2D eigenvalue weighted by atomic mass is 9.81. The van der Waals surface area contributed by atoms with Crippen LogP contribution in [0.25, 0.3) is 6.08 Å². The van der Waals surface area contributed by atoms with Gasteiger partial charge in [-0.15, -0.1) is 0 Å². The smallest absolute Gasteiger partial charge is 0.411 e. The van der Waals surface area contributed by atoms with Crippen LogP contribution in [-0.2, 0) is 29.1 Å². The van der Waals surface area contributed by atoms with Crippen LogP contribution in [0.5, 0.6) is 23.0 Å². The summed E-state index contributed by atoms with van der Waals surface area (Å²) in [5.41, 5.74) is 6.88. The molecule has 49 heavy (non-hydrogen) atoms. The molecule has 0 unspecified atom stereocenters. The Bertz CT molecular complexity index is 1920. The van der Waals surface area contributed by atoms with E-state index in [0.717, 1.165) is 33.4 Å². The Morgan fingerprint density at radius 2 is 1.69 bits per heavy atom. The summed E-state index contributed by atoms with van der Waals surface area (Å²) < 4.78 is 29.8. The van der Waals surface area contributed by atoms with Gasteiger partial charge in [-0.2, -0.15) is 0 Å². The van der Waals surface area contributed by atoms with Gasteiger partial charge < -0.3 is 28.6 Å². The number of hydrogen-bond donors (Lipinski definition) is 0. The van der Waals surface area contributed by atoms with E-state index in [1.165, 1.54) is 0 Å². The summed E-state index contributed by atoms with van der Waals surface area (Å²) in [4.78, 5) is 32.2. The van der Waals surface area contributed by atoms with Gasteiger partial charge >= 0.3 is 6.09 Å². The number of methoxy groups -OCH3 is 1. The van der Waals surface area contributed by atoms with Crippen LogP contribution in [-0.4, -0.2) is 47.8 Å². The summed E-state index contributed by atoms with van der Waals surface area (Å²) in [5.74, 6) is 2.32. The first kappa shape index (κ1) is 32.1. The van der Waals surface area contributed by atoms with Gasteiger partial charge in [-0.1, -0.05) is 66.7 Å². The lowest BCUT2D eigenvalue weighted by Gasteiger charge is -2.50. The first-order valence-electron chi connectivity index (χ1n) is 16.6. The van der Waals surface area contributed by atoms with Gasteiger partial charge in [-0.25, -0.2) is 4.79 Å². The molecule has 4 aromatic carbocycles. The zero-order chi connectivity index (χ0) is 34.2. The number of hydrogen-bond acceptors (Lipinski definition) is 7. The highest BCUT2D eigenvalue weighted by molar-refractivity contribution is 5.92. The molecule has 0 aliphatic carbocycles. The molecule has 9 heteroatoms. The Labute approximate surface area is 286 Å². The van der Waals surface area contributed by atoms with Gasteiger partial charge in [0.2, 0.25) is 12.7 Å². The summed E-state index contributed by atoms with van der Waals surface area (Å²) >= 11 is 0. The summed E-state index contributed by atoms with van der Waals surface area (Å²) in [5, 5.41) is 0. The minimum absolute atomic E-state index is 0.0958. The molecule has 3 aliphatic rings. The topological polar surface area (TPSA) is 86.8 Å². The number of piperazine rings is 1. The summed E-state index contributed by atoms with van der Waals surface area (Å²) in [6.45, 7) is 8.28. The third-order valence-electron chi connectivity index (χ3n) is 9.25. The third kappa shape index (κ3) is 6.05. The number of ether oxygens (including phenoxy) is 5. The van der Waals surface area contributed by atoms with Crippen LogP contribution in [0, 0.1) is 13.8 Å². The predicted molar refractivity (Wildman–Crippen MR) is 184 cm³/mol. The third-order valence-corrected chi connectivity index (χ3v) is 9.25. The van der Waals surface area contributed by atoms with Crippen molar-refractivity contribution in [3.8, 4) is 23.0 Å². The maximum Gasteiger partial charge on any atom is 0.411 e. The lowest BCUT2D eigenvalue weighted by molar-refractivity contribution is -0.141. The molecule has 1 saturated heterocycles. The van der Waals surface area contributed by atoms with Crippen LogP contribution >= 0.6 is 0 Å². The fourth-order valence-electron chi connectivity index (χ4n) is 7.00. The lowest BCUT2D eigenvalue weighted by Crippen LogP contribution is -2.61. The van der Waals surface area contributed by atoms with Gasteiger partial charge in [0.05, 0.1) is 19.8 Å². The molecule has 0 radical (unpaired) electrons. The standard InChI is InChI=1S/C40H40N2O7/c1-24(2)49-40(44)42-33-17-29-16-25(3)34(45-5)20-31(29)36(42)32(41(39(33)43)21-27-12-8-6-9-13-27)18-30-19-35-38(48-23-47-35)26(4)37(30)46-22-28-14-10-7-11-15-28/h6-16,18-20,24,33,36H,17,21-23H2,1-5H3/b32-18-/t33-,36+/m0/s1. The van der Waals surface area contributed by atoms with Crippen molar-refractivity contribution >= 4 is 18.1 Å². The summed E-state index contributed by atoms with van der Waals surface area (Å²) in [6.07, 6.45) is 1.39. The molecular formula is C40H40N2O7. The van der Waals surface area contributed by atoms with Crippen molar-refractivity contribution in [1.82, 2.24) is 9.80 Å². The summed E-state index contributed by atoms with van der Waals surface area (Å²) in [6, 6.07) is 24.3. The van der Waals surface area contributed by atoms with Crippen molar-refractivity contribution in [2.45, 2.75) is 65.5 Å². The highest BCUT2D eigenvalue weighted by Crippen LogP contribution is 2.49. The van der Waals surface area contributed by atoms with Crippen LogP contribution < -0.4 is 18.9 Å². The number of carbonyl (C=O) groups excluding carboxylic acids is 2. The quantitative estimate of drug-likeness (QED) is 0.193. The first-order valence-corrected chi connectivity index (χ1v) is 16.6. The molecule has 9 nitrogen and oxygen atoms in total. The number of benzene rings is 4. The zero-order valence-corrected chi connectivity index (χ0v) is 28.4. The molecule has 252 valence electrons. The van der Waals surface area contributed by atoms with Crippen molar-refractivity contribution in [1.29, 1.82) is 0 Å². The summed E-state index contributed by atoms with van der Waals surface area (Å²) in [7, 11) is 1.64. The molecule has 2 amide bonds. The Balaban J connectivity index is 1.45. The molecule has 7 rings (SSSR count). The van der Waals surface area contributed by atoms with Crippen molar-refractivity contribution in [3.63, 3.8) is 0 Å². The molecular weight excluding hydrogens is 620 g/mol. The van der Waals surface area contributed by atoms with Crippen molar-refractivity contribution < 1.29 is 33.3 Å². The largest absolute Gasteiger partial charge is 0.496 e. The molecule has 0 aromatic heterocycles. The molecule has 2 bridgehead atoms. The van der Waals surface area contributed by atoms with Crippen molar-refractivity contribution in [3.05, 3.63) is 124 Å². The first-order chi connectivity index (χ1) is 23.7. The number of rotatable bonds is 8. The molecule has 0 N–H and O–H groups in total. The number of aryl methyl sites for hydroxylation is 1. The molecule has 0 saturated carbocycles. The average molecular weight is 661 g/mol. The van der Waals surface area contributed by atoms with Crippen LogP contribution in [0.15, 0.2) is 84.6 Å². The minimum atomic E-state index is -0.760. The van der Waals surface area contributed by atoms with E-state index in [1.807, 2.05) is 107 Å². The van der Waals surface area contributed by atoms with E-state index in [4.69, 9.17) is 23.7 Å². The number of carbonyl (C=O) groups is 2. The van der Waals surface area contributed by atoms with Gasteiger partial charge in [0.25, 0.3) is 0 Å². The van der Waals surface area contributed by atoms with Crippen molar-refractivity contribution in [2.75, 3.05) is 13.9 Å². The SMILES string of the molecule is COc1cc2c(cc1C)C[C@H]1C(=O)N(Cc3ccccc3)/C(=C\c3cc4c(c(C)c3OCc3ccccc3)OCO4)[C@@H]2N1C(=O)OC(C)C. The van der Waals surface area contributed by atoms with Crippen LogP contribution in [0.3, 0.4) is 0 Å². The Morgan fingerprint density at radius 1 is 0.980 bits per heavy atom.